The van der Waals surface area contributed by atoms with Crippen molar-refractivity contribution in [3.05, 3.63) is 47.0 Å². The van der Waals surface area contributed by atoms with Crippen LogP contribution in [0.15, 0.2) is 35.6 Å². The molecule has 160 valence electrons. The van der Waals surface area contributed by atoms with E-state index in [9.17, 15) is 0 Å². The van der Waals surface area contributed by atoms with Crippen LogP contribution in [0.3, 0.4) is 0 Å². The molecule has 0 unspecified atom stereocenters. The van der Waals surface area contributed by atoms with Gasteiger partial charge in [0.25, 0.3) is 0 Å². The highest BCUT2D eigenvalue weighted by Crippen LogP contribution is 2.13. The summed E-state index contributed by atoms with van der Waals surface area (Å²) < 4.78 is 2.08. The summed E-state index contributed by atoms with van der Waals surface area (Å²) in [4.78, 5) is 9.66. The first-order chi connectivity index (χ1) is 13.7. The number of benzene rings is 1. The molecule has 0 atom stereocenters. The van der Waals surface area contributed by atoms with Crippen LogP contribution in [-0.4, -0.2) is 69.8 Å². The maximum atomic E-state index is 5.98. The lowest BCUT2D eigenvalue weighted by Crippen LogP contribution is -2.52. The van der Waals surface area contributed by atoms with Crippen LogP contribution in [0.1, 0.15) is 25.2 Å². The first-order valence-corrected chi connectivity index (χ1v) is 10.4. The van der Waals surface area contributed by atoms with Crippen molar-refractivity contribution in [1.82, 2.24) is 29.9 Å². The Morgan fingerprint density at radius 3 is 2.52 bits per heavy atom. The highest BCUT2D eigenvalue weighted by Gasteiger charge is 2.19. The van der Waals surface area contributed by atoms with E-state index in [0.717, 1.165) is 75.6 Å². The van der Waals surface area contributed by atoms with Crippen LogP contribution < -0.4 is 5.32 Å². The van der Waals surface area contributed by atoms with Gasteiger partial charge < -0.3 is 14.8 Å². The van der Waals surface area contributed by atoms with E-state index in [1.54, 1.807) is 6.33 Å². The molecule has 0 saturated carbocycles. The Labute approximate surface area is 195 Å². The van der Waals surface area contributed by atoms with Gasteiger partial charge in [-0.2, -0.15) is 0 Å². The molecule has 3 rings (SSSR count). The molecule has 1 N–H and O–H groups in total. The monoisotopic (exact) mass is 531 g/mol. The first kappa shape index (κ1) is 23.9. The van der Waals surface area contributed by atoms with Gasteiger partial charge in [0.1, 0.15) is 12.2 Å². The van der Waals surface area contributed by atoms with E-state index < -0.39 is 0 Å². The van der Waals surface area contributed by atoms with Gasteiger partial charge in [0.2, 0.25) is 0 Å². The van der Waals surface area contributed by atoms with Gasteiger partial charge in [-0.3, -0.25) is 9.89 Å². The molecule has 1 saturated heterocycles. The van der Waals surface area contributed by atoms with Crippen LogP contribution in [0.5, 0.6) is 0 Å². The molecule has 0 bridgehead atoms. The smallest absolute Gasteiger partial charge is 0.194 e. The summed E-state index contributed by atoms with van der Waals surface area (Å²) in [5.74, 6) is 2.01. The third-order valence-electron chi connectivity index (χ3n) is 4.94. The van der Waals surface area contributed by atoms with Crippen molar-refractivity contribution >= 4 is 41.5 Å². The minimum Gasteiger partial charge on any atom is -0.357 e. The van der Waals surface area contributed by atoms with Gasteiger partial charge in [0, 0.05) is 57.3 Å². The van der Waals surface area contributed by atoms with E-state index in [-0.39, 0.29) is 24.0 Å². The van der Waals surface area contributed by atoms with E-state index >= 15 is 0 Å². The average Bonchev–Trinajstić information content (AvgIpc) is 3.17. The number of aliphatic imine (C=N–C) groups is 1. The Balaban J connectivity index is 0.00000300. The Hall–Kier alpha value is -1.39. The van der Waals surface area contributed by atoms with Crippen molar-refractivity contribution in [2.75, 3.05) is 39.3 Å². The summed E-state index contributed by atoms with van der Waals surface area (Å²) in [6.45, 7) is 11.6. The summed E-state index contributed by atoms with van der Waals surface area (Å²) in [5, 5.41) is 12.3. The molecule has 1 fully saturated rings. The number of hydrogen-bond donors (Lipinski definition) is 1. The molecule has 2 heterocycles. The van der Waals surface area contributed by atoms with Gasteiger partial charge in [-0.1, -0.05) is 30.7 Å². The number of rotatable bonds is 7. The van der Waals surface area contributed by atoms with Gasteiger partial charge in [0.05, 0.1) is 6.54 Å². The van der Waals surface area contributed by atoms with Crippen molar-refractivity contribution in [3.63, 3.8) is 0 Å². The number of halogens is 2. The number of aromatic nitrogens is 3. The Morgan fingerprint density at radius 2 is 1.86 bits per heavy atom. The fourth-order valence-electron chi connectivity index (χ4n) is 3.39. The van der Waals surface area contributed by atoms with Crippen molar-refractivity contribution in [2.45, 2.75) is 33.4 Å². The van der Waals surface area contributed by atoms with E-state index in [0.29, 0.717) is 0 Å². The van der Waals surface area contributed by atoms with Crippen molar-refractivity contribution in [3.8, 4) is 0 Å². The molecule has 1 aromatic carbocycles. The third kappa shape index (κ3) is 7.11. The van der Waals surface area contributed by atoms with Gasteiger partial charge in [0.15, 0.2) is 5.96 Å². The second-order valence-electron chi connectivity index (χ2n) is 6.92. The number of aryl methyl sites for hydroxylation is 1. The van der Waals surface area contributed by atoms with Gasteiger partial charge in [-0.15, -0.1) is 34.2 Å². The molecular weight excluding hydrogens is 501 g/mol. The number of hydrogen-bond acceptors (Lipinski definition) is 4. The maximum Gasteiger partial charge on any atom is 0.194 e. The van der Waals surface area contributed by atoms with Crippen molar-refractivity contribution in [1.29, 1.82) is 0 Å². The molecule has 1 aromatic heterocycles. The summed E-state index contributed by atoms with van der Waals surface area (Å²) in [5.41, 5.74) is 1.30. The van der Waals surface area contributed by atoms with Crippen LogP contribution >= 0.6 is 35.6 Å². The second-order valence-corrected chi connectivity index (χ2v) is 7.36. The lowest BCUT2D eigenvalue weighted by Gasteiger charge is -2.36. The standard InChI is InChI=1S/C20H30ClN7.HI/c1-3-19-25-24-16-28(19)10-9-23-20(22-4-2)27-13-11-26(12-14-27)15-17-5-7-18(21)8-6-17;/h5-8,16H,3-4,9-15H2,1-2H3,(H,22,23);1H. The number of nitrogens with one attached hydrogen (secondary N) is 1. The van der Waals surface area contributed by atoms with Crippen LogP contribution in [0.4, 0.5) is 0 Å². The summed E-state index contributed by atoms with van der Waals surface area (Å²) >= 11 is 5.98. The maximum absolute atomic E-state index is 5.98. The van der Waals surface area contributed by atoms with Crippen LogP contribution in [0, 0.1) is 0 Å². The first-order valence-electron chi connectivity index (χ1n) is 10.1. The lowest BCUT2D eigenvalue weighted by atomic mass is 10.2. The average molecular weight is 532 g/mol. The molecule has 0 spiro atoms. The third-order valence-corrected chi connectivity index (χ3v) is 5.19. The largest absolute Gasteiger partial charge is 0.357 e. The summed E-state index contributed by atoms with van der Waals surface area (Å²) in [6, 6.07) is 8.14. The van der Waals surface area contributed by atoms with Crippen LogP contribution in [-0.2, 0) is 19.5 Å². The van der Waals surface area contributed by atoms with E-state index in [1.165, 1.54) is 5.56 Å². The zero-order chi connectivity index (χ0) is 19.8. The zero-order valence-electron chi connectivity index (χ0n) is 17.2. The number of piperazine rings is 1. The Kier molecular flexibility index (Phi) is 10.2. The van der Waals surface area contributed by atoms with E-state index in [2.05, 4.69) is 55.9 Å². The minimum atomic E-state index is 0. The fraction of sp³-hybridized carbons (Fsp3) is 0.550. The molecular formula is C20H31ClIN7. The predicted molar refractivity (Wildman–Crippen MR) is 129 cm³/mol. The van der Waals surface area contributed by atoms with E-state index in [4.69, 9.17) is 16.6 Å². The van der Waals surface area contributed by atoms with E-state index in [1.807, 2.05) is 12.1 Å². The normalized spacial score (nSPS) is 15.3. The number of guanidine groups is 1. The second kappa shape index (κ2) is 12.3. The molecule has 0 aliphatic carbocycles. The highest BCUT2D eigenvalue weighted by atomic mass is 127. The molecule has 1 aliphatic rings. The topological polar surface area (TPSA) is 61.6 Å². The van der Waals surface area contributed by atoms with Crippen LogP contribution in [0.25, 0.3) is 0 Å². The van der Waals surface area contributed by atoms with Crippen LogP contribution in [0.2, 0.25) is 5.02 Å². The highest BCUT2D eigenvalue weighted by molar-refractivity contribution is 14.0. The minimum absolute atomic E-state index is 0. The quantitative estimate of drug-likeness (QED) is 0.338. The number of nitrogens with zero attached hydrogens (tertiary/aromatic N) is 6. The molecule has 0 amide bonds. The van der Waals surface area contributed by atoms with Crippen molar-refractivity contribution in [2.24, 2.45) is 4.99 Å². The molecule has 0 radical (unpaired) electrons. The molecule has 29 heavy (non-hydrogen) atoms. The summed E-state index contributed by atoms with van der Waals surface area (Å²) in [7, 11) is 0. The van der Waals surface area contributed by atoms with Gasteiger partial charge in [-0.05, 0) is 24.6 Å². The lowest BCUT2D eigenvalue weighted by molar-refractivity contribution is 0.172. The molecule has 7 nitrogen and oxygen atoms in total. The Bertz CT molecular complexity index is 754. The molecule has 9 heteroatoms. The molecule has 1 aliphatic heterocycles. The Morgan fingerprint density at radius 1 is 1.14 bits per heavy atom. The zero-order valence-corrected chi connectivity index (χ0v) is 20.3. The van der Waals surface area contributed by atoms with Gasteiger partial charge >= 0.3 is 0 Å². The van der Waals surface area contributed by atoms with Crippen molar-refractivity contribution < 1.29 is 0 Å². The van der Waals surface area contributed by atoms with Gasteiger partial charge in [-0.25, -0.2) is 0 Å². The SMILES string of the molecule is CCNC(=NCCn1cnnc1CC)N1CCN(Cc2ccc(Cl)cc2)CC1.I. The molecule has 2 aromatic rings. The summed E-state index contributed by atoms with van der Waals surface area (Å²) in [6.07, 6.45) is 2.68. The predicted octanol–water partition coefficient (Wildman–Crippen LogP) is 2.90. The fourth-order valence-corrected chi connectivity index (χ4v) is 3.52.